The normalized spacial score (nSPS) is 25.8. The Hall–Kier alpha value is -1.01. The molecule has 2 unspecified atom stereocenters. The van der Waals surface area contributed by atoms with Crippen LogP contribution in [0.1, 0.15) is 62.3 Å². The van der Waals surface area contributed by atoms with Gasteiger partial charge < -0.3 is 0 Å². The minimum atomic E-state index is 0.653. The third-order valence-electron chi connectivity index (χ3n) is 4.55. The Morgan fingerprint density at radius 2 is 2.10 bits per heavy atom. The van der Waals surface area contributed by atoms with Gasteiger partial charge in [0, 0.05) is 10.9 Å². The fourth-order valence-corrected chi connectivity index (χ4v) is 4.85. The van der Waals surface area contributed by atoms with Gasteiger partial charge in [-0.3, -0.25) is 0 Å². The van der Waals surface area contributed by atoms with E-state index in [-0.39, 0.29) is 0 Å². The molecule has 3 rings (SSSR count). The third-order valence-corrected chi connectivity index (χ3v) is 5.85. The van der Waals surface area contributed by atoms with E-state index in [1.165, 1.54) is 49.8 Å². The summed E-state index contributed by atoms with van der Waals surface area (Å²) < 4.78 is 0. The lowest BCUT2D eigenvalue weighted by atomic mass is 9.91. The van der Waals surface area contributed by atoms with Crippen molar-refractivity contribution in [3.8, 4) is 6.07 Å². The summed E-state index contributed by atoms with van der Waals surface area (Å²) in [5, 5.41) is 11.0. The van der Waals surface area contributed by atoms with Crippen LogP contribution in [0.15, 0.2) is 11.1 Å². The first-order valence-electron chi connectivity index (χ1n) is 7.86. The van der Waals surface area contributed by atoms with Gasteiger partial charge in [-0.05, 0) is 56.1 Å². The zero-order valence-electron chi connectivity index (χ0n) is 12.2. The number of aryl methyl sites for hydroxylation is 2. The van der Waals surface area contributed by atoms with Gasteiger partial charge in [-0.25, -0.2) is 4.98 Å². The molecule has 1 aromatic heterocycles. The Bertz CT molecular complexity index is 533. The van der Waals surface area contributed by atoms with Crippen molar-refractivity contribution in [1.82, 2.24) is 4.98 Å². The van der Waals surface area contributed by atoms with Crippen LogP contribution < -0.4 is 0 Å². The first-order chi connectivity index (χ1) is 9.76. The molecule has 0 N–H and O–H groups in total. The quantitative estimate of drug-likeness (QED) is 0.803. The molecule has 0 amide bonds. The molecule has 0 bridgehead atoms. The fraction of sp³-hybridized carbons (Fsp3) is 0.647. The number of aromatic nitrogens is 1. The lowest BCUT2D eigenvalue weighted by molar-refractivity contribution is 0.394. The highest BCUT2D eigenvalue weighted by atomic mass is 32.2. The van der Waals surface area contributed by atoms with Crippen LogP contribution in [0.25, 0.3) is 0 Å². The highest BCUT2D eigenvalue weighted by molar-refractivity contribution is 7.99. The maximum Gasteiger partial charge on any atom is 0.114 e. The average Bonchev–Trinajstić information content (AvgIpc) is 2.46. The van der Waals surface area contributed by atoms with Crippen LogP contribution in [0.3, 0.4) is 0 Å². The van der Waals surface area contributed by atoms with Crippen molar-refractivity contribution in [2.24, 2.45) is 5.92 Å². The van der Waals surface area contributed by atoms with Crippen molar-refractivity contribution in [2.45, 2.75) is 68.6 Å². The summed E-state index contributed by atoms with van der Waals surface area (Å²) in [6, 6.07) is 4.47. The first kappa shape index (κ1) is 13.9. The lowest BCUT2D eigenvalue weighted by Crippen LogP contribution is -2.16. The minimum Gasteiger partial charge on any atom is -0.245 e. The standard InChI is InChI=1S/C17H22N2S/c1-12-5-4-7-15(9-12)20-17-14(11-18)10-13-6-2-3-8-16(13)19-17/h10,12,15H,2-9H2,1H3. The molecule has 2 aliphatic carbocycles. The second kappa shape index (κ2) is 6.18. The Kier molecular flexibility index (Phi) is 4.31. The van der Waals surface area contributed by atoms with Crippen molar-refractivity contribution in [1.29, 1.82) is 5.26 Å². The van der Waals surface area contributed by atoms with Crippen molar-refractivity contribution in [2.75, 3.05) is 0 Å². The van der Waals surface area contributed by atoms with Gasteiger partial charge in [-0.15, -0.1) is 11.8 Å². The lowest BCUT2D eigenvalue weighted by Gasteiger charge is -2.26. The molecule has 0 aliphatic heterocycles. The van der Waals surface area contributed by atoms with Crippen LogP contribution in [0.4, 0.5) is 0 Å². The topological polar surface area (TPSA) is 36.7 Å². The number of thioether (sulfide) groups is 1. The number of hydrogen-bond acceptors (Lipinski definition) is 3. The largest absolute Gasteiger partial charge is 0.245 e. The fourth-order valence-electron chi connectivity index (χ4n) is 3.43. The van der Waals surface area contributed by atoms with E-state index in [1.54, 1.807) is 0 Å². The SMILES string of the molecule is CC1CCCC(Sc2nc3c(cc2C#N)CCCC3)C1. The van der Waals surface area contributed by atoms with E-state index in [0.717, 1.165) is 29.3 Å². The van der Waals surface area contributed by atoms with Crippen LogP contribution in [-0.2, 0) is 12.8 Å². The van der Waals surface area contributed by atoms with E-state index in [0.29, 0.717) is 5.25 Å². The van der Waals surface area contributed by atoms with Gasteiger partial charge in [-0.1, -0.05) is 19.8 Å². The van der Waals surface area contributed by atoms with E-state index in [9.17, 15) is 5.26 Å². The molecule has 2 aliphatic rings. The molecular weight excluding hydrogens is 264 g/mol. The maximum absolute atomic E-state index is 9.40. The smallest absolute Gasteiger partial charge is 0.114 e. The summed E-state index contributed by atoms with van der Waals surface area (Å²) in [4.78, 5) is 4.84. The molecule has 106 valence electrons. The van der Waals surface area contributed by atoms with Gasteiger partial charge in [0.1, 0.15) is 11.1 Å². The van der Waals surface area contributed by atoms with Crippen LogP contribution >= 0.6 is 11.8 Å². The Labute approximate surface area is 126 Å². The molecular formula is C17H22N2S. The number of nitriles is 1. The Morgan fingerprint density at radius 3 is 2.90 bits per heavy atom. The van der Waals surface area contributed by atoms with Gasteiger partial charge in [0.25, 0.3) is 0 Å². The highest BCUT2D eigenvalue weighted by Gasteiger charge is 2.23. The molecule has 1 aromatic rings. The number of pyridine rings is 1. The summed E-state index contributed by atoms with van der Waals surface area (Å²) in [7, 11) is 0. The van der Waals surface area contributed by atoms with Gasteiger partial charge >= 0.3 is 0 Å². The van der Waals surface area contributed by atoms with Gasteiger partial charge in [-0.2, -0.15) is 5.26 Å². The molecule has 1 saturated carbocycles. The van der Waals surface area contributed by atoms with Crippen LogP contribution in [-0.4, -0.2) is 10.2 Å². The number of nitrogens with zero attached hydrogens (tertiary/aromatic N) is 2. The summed E-state index contributed by atoms with van der Waals surface area (Å²) in [6.45, 7) is 2.35. The molecule has 3 heteroatoms. The average molecular weight is 286 g/mol. The summed E-state index contributed by atoms with van der Waals surface area (Å²) >= 11 is 1.86. The zero-order valence-corrected chi connectivity index (χ0v) is 13.0. The van der Waals surface area contributed by atoms with Crippen molar-refractivity contribution < 1.29 is 0 Å². The summed E-state index contributed by atoms with van der Waals surface area (Å²) in [6.07, 6.45) is 9.92. The Morgan fingerprint density at radius 1 is 1.25 bits per heavy atom. The molecule has 20 heavy (non-hydrogen) atoms. The van der Waals surface area contributed by atoms with Crippen LogP contribution in [0.2, 0.25) is 0 Å². The molecule has 0 aromatic carbocycles. The van der Waals surface area contributed by atoms with Crippen molar-refractivity contribution in [3.63, 3.8) is 0 Å². The third kappa shape index (κ3) is 3.01. The first-order valence-corrected chi connectivity index (χ1v) is 8.74. The number of rotatable bonds is 2. The molecule has 2 atom stereocenters. The molecule has 0 spiro atoms. The second-order valence-corrected chi connectivity index (χ2v) is 7.57. The Balaban J connectivity index is 1.83. The highest BCUT2D eigenvalue weighted by Crippen LogP contribution is 2.37. The predicted octanol–water partition coefficient (Wildman–Crippen LogP) is 4.50. The van der Waals surface area contributed by atoms with Crippen molar-refractivity contribution in [3.05, 3.63) is 22.9 Å². The molecule has 1 fully saturated rings. The van der Waals surface area contributed by atoms with Crippen molar-refractivity contribution >= 4 is 11.8 Å². The van der Waals surface area contributed by atoms with E-state index < -0.39 is 0 Å². The molecule has 0 saturated heterocycles. The van der Waals surface area contributed by atoms with E-state index >= 15 is 0 Å². The number of hydrogen-bond donors (Lipinski definition) is 0. The summed E-state index contributed by atoms with van der Waals surface area (Å²) in [5.41, 5.74) is 3.37. The van der Waals surface area contributed by atoms with Crippen LogP contribution in [0, 0.1) is 17.2 Å². The minimum absolute atomic E-state index is 0.653. The predicted molar refractivity (Wildman–Crippen MR) is 82.9 cm³/mol. The van der Waals surface area contributed by atoms with E-state index in [4.69, 9.17) is 4.98 Å². The summed E-state index contributed by atoms with van der Waals surface area (Å²) in [5.74, 6) is 0.824. The molecule has 0 radical (unpaired) electrons. The maximum atomic E-state index is 9.40. The van der Waals surface area contributed by atoms with Gasteiger partial charge in [0.2, 0.25) is 0 Å². The van der Waals surface area contributed by atoms with Crippen LogP contribution in [0.5, 0.6) is 0 Å². The second-order valence-electron chi connectivity index (χ2n) is 6.28. The van der Waals surface area contributed by atoms with E-state index in [2.05, 4.69) is 19.1 Å². The van der Waals surface area contributed by atoms with Gasteiger partial charge in [0.15, 0.2) is 0 Å². The van der Waals surface area contributed by atoms with Gasteiger partial charge in [0.05, 0.1) is 5.56 Å². The number of fused-ring (bicyclic) bond motifs is 1. The molecule has 2 nitrogen and oxygen atoms in total. The monoisotopic (exact) mass is 286 g/mol. The van der Waals surface area contributed by atoms with E-state index in [1.807, 2.05) is 11.8 Å². The zero-order chi connectivity index (χ0) is 13.9. The molecule has 1 heterocycles.